The summed E-state index contributed by atoms with van der Waals surface area (Å²) in [4.78, 5) is 14.7. The summed E-state index contributed by atoms with van der Waals surface area (Å²) in [6.07, 6.45) is 0. The van der Waals surface area contributed by atoms with E-state index in [1.807, 2.05) is 36.9 Å². The van der Waals surface area contributed by atoms with Crippen molar-refractivity contribution >= 4 is 29.0 Å². The van der Waals surface area contributed by atoms with E-state index in [1.54, 1.807) is 11.8 Å². The molecule has 0 aliphatic carbocycles. The van der Waals surface area contributed by atoms with E-state index in [9.17, 15) is 4.79 Å². The number of nitrogens with zero attached hydrogens (tertiary/aromatic N) is 1. The fraction of sp³-hybridized carbons (Fsp3) is 0.364. The maximum absolute atomic E-state index is 11.8. The van der Waals surface area contributed by atoms with Crippen LogP contribution in [0, 0.1) is 0 Å². The van der Waals surface area contributed by atoms with Crippen LogP contribution in [0.25, 0.3) is 0 Å². The van der Waals surface area contributed by atoms with Gasteiger partial charge in [0, 0.05) is 16.6 Å². The van der Waals surface area contributed by atoms with Crippen LogP contribution < -0.4 is 10.6 Å². The molecule has 1 aliphatic rings. The number of fused-ring (bicyclic) bond motifs is 1. The van der Waals surface area contributed by atoms with Gasteiger partial charge in [-0.05, 0) is 32.0 Å². The molecule has 1 aliphatic heterocycles. The minimum Gasteiger partial charge on any atom is -0.399 e. The van der Waals surface area contributed by atoms with E-state index in [0.29, 0.717) is 5.75 Å². The zero-order valence-electron chi connectivity index (χ0n) is 8.86. The molecule has 0 aromatic heterocycles. The number of rotatable bonds is 1. The molecule has 2 N–H and O–H groups in total. The van der Waals surface area contributed by atoms with Crippen LogP contribution in [-0.4, -0.2) is 17.7 Å². The first-order valence-corrected chi connectivity index (χ1v) is 5.92. The summed E-state index contributed by atoms with van der Waals surface area (Å²) in [5.41, 5.74) is 7.46. The van der Waals surface area contributed by atoms with E-state index in [-0.39, 0.29) is 11.9 Å². The summed E-state index contributed by atoms with van der Waals surface area (Å²) in [5.74, 6) is 0.682. The van der Waals surface area contributed by atoms with Crippen LogP contribution in [0.3, 0.4) is 0 Å². The second-order valence-corrected chi connectivity index (χ2v) is 4.89. The Morgan fingerprint density at radius 1 is 1.47 bits per heavy atom. The third kappa shape index (κ3) is 1.81. The van der Waals surface area contributed by atoms with E-state index >= 15 is 0 Å². The van der Waals surface area contributed by atoms with Crippen LogP contribution >= 0.6 is 11.8 Å². The Bertz CT molecular complexity index is 404. The molecule has 4 heteroatoms. The maximum atomic E-state index is 11.8. The van der Waals surface area contributed by atoms with Crippen LogP contribution in [0.15, 0.2) is 23.1 Å². The normalized spacial score (nSPS) is 15.7. The van der Waals surface area contributed by atoms with Crippen LogP contribution in [0.1, 0.15) is 13.8 Å². The second kappa shape index (κ2) is 3.77. The first-order chi connectivity index (χ1) is 7.09. The Hall–Kier alpha value is -1.16. The number of nitrogen functional groups attached to an aromatic ring is 1. The molecule has 3 nitrogen and oxygen atoms in total. The first kappa shape index (κ1) is 10.4. The van der Waals surface area contributed by atoms with Crippen LogP contribution in [0.5, 0.6) is 0 Å². The molecule has 1 aromatic carbocycles. The monoisotopic (exact) mass is 222 g/mol. The standard InChI is InChI=1S/C11H14N2OS/c1-7(2)13-9-4-3-8(12)5-10(9)15-6-11(13)14/h3-5,7H,6,12H2,1-2H3. The average molecular weight is 222 g/mol. The Kier molecular flexibility index (Phi) is 2.61. The minimum atomic E-state index is 0.173. The van der Waals surface area contributed by atoms with Gasteiger partial charge in [0.1, 0.15) is 0 Å². The number of carbonyl (C=O) groups excluding carboxylic acids is 1. The molecule has 2 rings (SSSR count). The SMILES string of the molecule is CC(C)N1C(=O)CSc2cc(N)ccc21. The van der Waals surface area contributed by atoms with Gasteiger partial charge in [0.15, 0.2) is 0 Å². The molecule has 80 valence electrons. The van der Waals surface area contributed by atoms with Crippen molar-refractivity contribution in [3.8, 4) is 0 Å². The lowest BCUT2D eigenvalue weighted by molar-refractivity contribution is -0.116. The van der Waals surface area contributed by atoms with E-state index in [2.05, 4.69) is 0 Å². The van der Waals surface area contributed by atoms with Gasteiger partial charge >= 0.3 is 0 Å². The maximum Gasteiger partial charge on any atom is 0.237 e. The zero-order chi connectivity index (χ0) is 11.0. The highest BCUT2D eigenvalue weighted by atomic mass is 32.2. The number of hydrogen-bond donors (Lipinski definition) is 1. The quantitative estimate of drug-likeness (QED) is 0.740. The molecule has 15 heavy (non-hydrogen) atoms. The van der Waals surface area contributed by atoms with Crippen LogP contribution in [0.2, 0.25) is 0 Å². The molecule has 0 bridgehead atoms. The molecular weight excluding hydrogens is 208 g/mol. The minimum absolute atomic E-state index is 0.173. The number of amides is 1. The predicted octanol–water partition coefficient (Wildman–Crippen LogP) is 2.12. The van der Waals surface area contributed by atoms with Gasteiger partial charge < -0.3 is 10.6 Å². The molecule has 0 fully saturated rings. The molecule has 0 spiro atoms. The van der Waals surface area contributed by atoms with Crippen molar-refractivity contribution in [3.63, 3.8) is 0 Å². The Balaban J connectivity index is 2.48. The van der Waals surface area contributed by atoms with Gasteiger partial charge in [0.05, 0.1) is 11.4 Å². The lowest BCUT2D eigenvalue weighted by Gasteiger charge is -2.32. The van der Waals surface area contributed by atoms with Gasteiger partial charge in [-0.15, -0.1) is 11.8 Å². The van der Waals surface area contributed by atoms with Crippen molar-refractivity contribution in [3.05, 3.63) is 18.2 Å². The number of hydrogen-bond acceptors (Lipinski definition) is 3. The molecule has 1 amide bonds. The Labute approximate surface area is 93.6 Å². The summed E-state index contributed by atoms with van der Waals surface area (Å²) in [5, 5.41) is 0. The summed E-state index contributed by atoms with van der Waals surface area (Å²) >= 11 is 1.56. The van der Waals surface area contributed by atoms with Crippen molar-refractivity contribution in [1.82, 2.24) is 0 Å². The van der Waals surface area contributed by atoms with Crippen LogP contribution in [0.4, 0.5) is 11.4 Å². The molecular formula is C11H14N2OS. The highest BCUT2D eigenvalue weighted by Gasteiger charge is 2.26. The lowest BCUT2D eigenvalue weighted by Crippen LogP contribution is -2.40. The number of carbonyl (C=O) groups is 1. The van der Waals surface area contributed by atoms with Gasteiger partial charge in [-0.25, -0.2) is 0 Å². The summed E-state index contributed by atoms with van der Waals surface area (Å²) in [6, 6.07) is 5.89. The Morgan fingerprint density at radius 3 is 2.87 bits per heavy atom. The summed E-state index contributed by atoms with van der Waals surface area (Å²) < 4.78 is 0. The predicted molar refractivity (Wildman–Crippen MR) is 64.2 cm³/mol. The van der Waals surface area contributed by atoms with E-state index < -0.39 is 0 Å². The molecule has 0 saturated heterocycles. The average Bonchev–Trinajstić information content (AvgIpc) is 2.17. The number of thioether (sulfide) groups is 1. The fourth-order valence-corrected chi connectivity index (χ4v) is 2.71. The number of benzene rings is 1. The van der Waals surface area contributed by atoms with Crippen molar-refractivity contribution < 1.29 is 4.79 Å². The summed E-state index contributed by atoms with van der Waals surface area (Å²) in [6.45, 7) is 4.04. The topological polar surface area (TPSA) is 46.3 Å². The van der Waals surface area contributed by atoms with Crippen molar-refractivity contribution in [1.29, 1.82) is 0 Å². The fourth-order valence-electron chi connectivity index (χ4n) is 1.75. The third-order valence-electron chi connectivity index (χ3n) is 2.38. The summed E-state index contributed by atoms with van der Waals surface area (Å²) in [7, 11) is 0. The molecule has 1 aromatic rings. The van der Waals surface area contributed by atoms with Crippen molar-refractivity contribution in [2.45, 2.75) is 24.8 Å². The smallest absolute Gasteiger partial charge is 0.237 e. The van der Waals surface area contributed by atoms with E-state index in [0.717, 1.165) is 16.3 Å². The highest BCUT2D eigenvalue weighted by Crippen LogP contribution is 2.37. The van der Waals surface area contributed by atoms with Crippen molar-refractivity contribution in [2.24, 2.45) is 0 Å². The molecule has 1 heterocycles. The van der Waals surface area contributed by atoms with Gasteiger partial charge in [0.25, 0.3) is 0 Å². The van der Waals surface area contributed by atoms with Gasteiger partial charge in [-0.3, -0.25) is 4.79 Å². The van der Waals surface area contributed by atoms with Crippen LogP contribution in [-0.2, 0) is 4.79 Å². The lowest BCUT2D eigenvalue weighted by atomic mass is 10.2. The molecule has 0 saturated carbocycles. The van der Waals surface area contributed by atoms with Gasteiger partial charge in [-0.2, -0.15) is 0 Å². The second-order valence-electron chi connectivity index (χ2n) is 3.87. The number of anilines is 2. The molecule has 0 radical (unpaired) electrons. The molecule has 0 unspecified atom stereocenters. The first-order valence-electron chi connectivity index (χ1n) is 4.94. The van der Waals surface area contributed by atoms with Gasteiger partial charge in [0.2, 0.25) is 5.91 Å². The van der Waals surface area contributed by atoms with Gasteiger partial charge in [-0.1, -0.05) is 0 Å². The van der Waals surface area contributed by atoms with Crippen molar-refractivity contribution in [2.75, 3.05) is 16.4 Å². The zero-order valence-corrected chi connectivity index (χ0v) is 9.67. The largest absolute Gasteiger partial charge is 0.399 e. The molecule has 0 atom stereocenters. The highest BCUT2D eigenvalue weighted by molar-refractivity contribution is 8.00. The van der Waals surface area contributed by atoms with E-state index in [1.165, 1.54) is 0 Å². The third-order valence-corrected chi connectivity index (χ3v) is 3.41. The Morgan fingerprint density at radius 2 is 2.20 bits per heavy atom. The van der Waals surface area contributed by atoms with E-state index in [4.69, 9.17) is 5.73 Å². The number of nitrogens with two attached hydrogens (primary N) is 1.